The average molecular weight is 269 g/mol. The molecule has 0 aliphatic carbocycles. The molecule has 2 N–H and O–H groups in total. The summed E-state index contributed by atoms with van der Waals surface area (Å²) in [6.07, 6.45) is 0.443. The lowest BCUT2D eigenvalue weighted by molar-refractivity contribution is 0.274. The van der Waals surface area contributed by atoms with E-state index >= 15 is 0 Å². The summed E-state index contributed by atoms with van der Waals surface area (Å²) in [7, 11) is 0. The van der Waals surface area contributed by atoms with Crippen LogP contribution < -0.4 is 10.5 Å². The quantitative estimate of drug-likeness (QED) is 0.905. The van der Waals surface area contributed by atoms with Gasteiger partial charge in [-0.25, -0.2) is 8.78 Å². The van der Waals surface area contributed by atoms with E-state index in [4.69, 9.17) is 10.5 Å². The smallest absolute Gasteiger partial charge is 0.191 e. The fourth-order valence-electron chi connectivity index (χ4n) is 1.59. The van der Waals surface area contributed by atoms with Crippen LogP contribution in [0.1, 0.15) is 11.1 Å². The predicted octanol–water partition coefficient (Wildman–Crippen LogP) is 3.11. The van der Waals surface area contributed by atoms with E-state index in [1.165, 1.54) is 23.5 Å². The molecule has 2 rings (SSSR count). The van der Waals surface area contributed by atoms with Gasteiger partial charge in [-0.3, -0.25) is 0 Å². The van der Waals surface area contributed by atoms with Crippen molar-refractivity contribution in [1.29, 1.82) is 0 Å². The maximum absolute atomic E-state index is 13.7. The first-order valence-corrected chi connectivity index (χ1v) is 6.47. The Balaban J connectivity index is 2.12. The highest BCUT2D eigenvalue weighted by Gasteiger charge is 2.12. The number of rotatable bonds is 5. The molecule has 0 aliphatic rings. The van der Waals surface area contributed by atoms with Crippen molar-refractivity contribution >= 4 is 11.3 Å². The molecule has 1 aromatic carbocycles. The third-order valence-corrected chi connectivity index (χ3v) is 3.19. The van der Waals surface area contributed by atoms with Crippen molar-refractivity contribution in [2.75, 3.05) is 6.54 Å². The van der Waals surface area contributed by atoms with Gasteiger partial charge >= 0.3 is 0 Å². The van der Waals surface area contributed by atoms with E-state index in [1.54, 1.807) is 0 Å². The Bertz CT molecular complexity index is 491. The van der Waals surface area contributed by atoms with Gasteiger partial charge in [0.1, 0.15) is 6.61 Å². The minimum absolute atomic E-state index is 0.160. The van der Waals surface area contributed by atoms with Gasteiger partial charge in [-0.1, -0.05) is 0 Å². The Kier molecular flexibility index (Phi) is 4.28. The summed E-state index contributed by atoms with van der Waals surface area (Å²) >= 11 is 1.51. The maximum atomic E-state index is 13.7. The SMILES string of the molecule is NCCc1cc(F)c(OCc2ccsc2)c(F)c1. The molecule has 0 aliphatic heterocycles. The minimum Gasteiger partial charge on any atom is -0.483 e. The zero-order valence-electron chi connectivity index (χ0n) is 9.66. The van der Waals surface area contributed by atoms with E-state index in [-0.39, 0.29) is 12.4 Å². The Morgan fingerprint density at radius 2 is 1.89 bits per heavy atom. The molecule has 0 radical (unpaired) electrons. The molecule has 18 heavy (non-hydrogen) atoms. The maximum Gasteiger partial charge on any atom is 0.191 e. The molecule has 0 bridgehead atoms. The molecule has 1 aromatic heterocycles. The van der Waals surface area contributed by atoms with Crippen molar-refractivity contribution in [1.82, 2.24) is 0 Å². The summed E-state index contributed by atoms with van der Waals surface area (Å²) in [5.74, 6) is -1.70. The van der Waals surface area contributed by atoms with Crippen molar-refractivity contribution in [3.63, 3.8) is 0 Å². The third kappa shape index (κ3) is 3.05. The highest BCUT2D eigenvalue weighted by atomic mass is 32.1. The van der Waals surface area contributed by atoms with Gasteiger partial charge in [0.25, 0.3) is 0 Å². The van der Waals surface area contributed by atoms with Crippen LogP contribution in [0.2, 0.25) is 0 Å². The van der Waals surface area contributed by atoms with Gasteiger partial charge in [-0.05, 0) is 53.1 Å². The van der Waals surface area contributed by atoms with E-state index in [1.807, 2.05) is 16.8 Å². The molecule has 0 spiro atoms. The second-order valence-electron chi connectivity index (χ2n) is 3.85. The number of benzene rings is 1. The largest absolute Gasteiger partial charge is 0.483 e. The number of nitrogens with two attached hydrogens (primary N) is 1. The Hall–Kier alpha value is -1.46. The van der Waals surface area contributed by atoms with Gasteiger partial charge in [-0.15, -0.1) is 0 Å². The van der Waals surface area contributed by atoms with E-state index < -0.39 is 11.6 Å². The first kappa shape index (κ1) is 13.0. The molecule has 1 heterocycles. The fraction of sp³-hybridized carbons (Fsp3) is 0.231. The van der Waals surface area contributed by atoms with Gasteiger partial charge in [0, 0.05) is 0 Å². The third-order valence-electron chi connectivity index (χ3n) is 2.45. The lowest BCUT2D eigenvalue weighted by atomic mass is 10.1. The van der Waals surface area contributed by atoms with Crippen LogP contribution in [0.25, 0.3) is 0 Å². The van der Waals surface area contributed by atoms with Gasteiger partial charge in [0.2, 0.25) is 0 Å². The first-order chi connectivity index (χ1) is 8.70. The average Bonchev–Trinajstić information content (AvgIpc) is 2.81. The summed E-state index contributed by atoms with van der Waals surface area (Å²) < 4.78 is 32.5. The van der Waals surface area contributed by atoms with Crippen molar-refractivity contribution in [3.8, 4) is 5.75 Å². The summed E-state index contributed by atoms with van der Waals surface area (Å²) in [6, 6.07) is 4.38. The van der Waals surface area contributed by atoms with Gasteiger partial charge in [-0.2, -0.15) is 11.3 Å². The number of ether oxygens (including phenoxy) is 1. The molecular formula is C13H13F2NOS. The second kappa shape index (κ2) is 5.93. The lowest BCUT2D eigenvalue weighted by Gasteiger charge is -2.09. The van der Waals surface area contributed by atoms with E-state index in [2.05, 4.69) is 0 Å². The van der Waals surface area contributed by atoms with Gasteiger partial charge in [0.05, 0.1) is 0 Å². The van der Waals surface area contributed by atoms with Crippen LogP contribution in [0.4, 0.5) is 8.78 Å². The van der Waals surface area contributed by atoms with Crippen molar-refractivity contribution in [2.45, 2.75) is 13.0 Å². The van der Waals surface area contributed by atoms with E-state index in [9.17, 15) is 8.78 Å². The lowest BCUT2D eigenvalue weighted by Crippen LogP contribution is -2.05. The summed E-state index contributed by atoms with van der Waals surface area (Å²) in [5, 5.41) is 3.76. The molecular weight excluding hydrogens is 256 g/mol. The Morgan fingerprint density at radius 3 is 2.44 bits per heavy atom. The molecule has 0 saturated heterocycles. The summed E-state index contributed by atoms with van der Waals surface area (Å²) in [5.41, 5.74) is 6.78. The Morgan fingerprint density at radius 1 is 1.17 bits per heavy atom. The molecule has 0 unspecified atom stereocenters. The number of thiophene rings is 1. The van der Waals surface area contributed by atoms with Crippen LogP contribution in [0.3, 0.4) is 0 Å². The van der Waals surface area contributed by atoms with Crippen LogP contribution in [0.15, 0.2) is 29.0 Å². The summed E-state index contributed by atoms with van der Waals surface area (Å²) in [6.45, 7) is 0.515. The molecule has 0 fully saturated rings. The normalized spacial score (nSPS) is 10.6. The van der Waals surface area contributed by atoms with Crippen molar-refractivity contribution in [2.24, 2.45) is 5.73 Å². The van der Waals surface area contributed by atoms with Crippen LogP contribution in [-0.2, 0) is 13.0 Å². The molecule has 0 atom stereocenters. The molecule has 2 nitrogen and oxygen atoms in total. The summed E-state index contributed by atoms with van der Waals surface area (Å²) in [4.78, 5) is 0. The molecule has 0 saturated carbocycles. The first-order valence-electron chi connectivity index (χ1n) is 5.52. The van der Waals surface area contributed by atoms with E-state index in [0.717, 1.165) is 5.56 Å². The zero-order valence-corrected chi connectivity index (χ0v) is 10.5. The monoisotopic (exact) mass is 269 g/mol. The second-order valence-corrected chi connectivity index (χ2v) is 4.63. The zero-order chi connectivity index (χ0) is 13.0. The van der Waals surface area contributed by atoms with Crippen molar-refractivity contribution in [3.05, 3.63) is 51.7 Å². The number of halogens is 2. The number of hydrogen-bond donors (Lipinski definition) is 1. The topological polar surface area (TPSA) is 35.2 Å². The predicted molar refractivity (Wildman–Crippen MR) is 67.8 cm³/mol. The fourth-order valence-corrected chi connectivity index (χ4v) is 2.24. The molecule has 0 amide bonds. The molecule has 96 valence electrons. The molecule has 5 heteroatoms. The van der Waals surface area contributed by atoms with E-state index in [0.29, 0.717) is 18.5 Å². The number of hydrogen-bond acceptors (Lipinski definition) is 3. The highest BCUT2D eigenvalue weighted by molar-refractivity contribution is 7.07. The van der Waals surface area contributed by atoms with Gasteiger partial charge in [0.15, 0.2) is 17.4 Å². The minimum atomic E-state index is -0.686. The Labute approximate surface area is 108 Å². The van der Waals surface area contributed by atoms with Crippen LogP contribution in [-0.4, -0.2) is 6.54 Å². The van der Waals surface area contributed by atoms with Crippen LogP contribution in [0.5, 0.6) is 5.75 Å². The highest BCUT2D eigenvalue weighted by Crippen LogP contribution is 2.24. The van der Waals surface area contributed by atoms with Crippen LogP contribution >= 0.6 is 11.3 Å². The standard InChI is InChI=1S/C13H13F2NOS/c14-11-5-9(1-3-16)6-12(15)13(11)17-7-10-2-4-18-8-10/h2,4-6,8H,1,3,7,16H2. The molecule has 2 aromatic rings. The van der Waals surface area contributed by atoms with Crippen LogP contribution in [0, 0.1) is 11.6 Å². The van der Waals surface area contributed by atoms with Gasteiger partial charge < -0.3 is 10.5 Å². The van der Waals surface area contributed by atoms with Crippen molar-refractivity contribution < 1.29 is 13.5 Å².